The van der Waals surface area contributed by atoms with Crippen molar-refractivity contribution in [2.75, 3.05) is 26.7 Å². The van der Waals surface area contributed by atoms with Gasteiger partial charge in [-0.1, -0.05) is 27.7 Å². The Kier molecular flexibility index (Phi) is 7.20. The van der Waals surface area contributed by atoms with Crippen molar-refractivity contribution in [3.8, 4) is 0 Å². The number of hydrogen-bond donors (Lipinski definition) is 1. The Bertz CT molecular complexity index is 213. The molecule has 0 aliphatic heterocycles. The molecule has 18 heavy (non-hydrogen) atoms. The predicted octanol–water partition coefficient (Wildman–Crippen LogP) is 2.51. The third-order valence-corrected chi connectivity index (χ3v) is 3.38. The number of ether oxygens (including phenoxy) is 1. The van der Waals surface area contributed by atoms with Crippen LogP contribution in [0.3, 0.4) is 0 Å². The van der Waals surface area contributed by atoms with Crippen LogP contribution < -0.4 is 5.32 Å². The van der Waals surface area contributed by atoms with E-state index >= 15 is 0 Å². The van der Waals surface area contributed by atoms with Crippen molar-refractivity contribution in [3.05, 3.63) is 0 Å². The number of nitrogens with one attached hydrogen (secondary N) is 1. The van der Waals surface area contributed by atoms with Gasteiger partial charge in [0.05, 0.1) is 6.10 Å². The van der Waals surface area contributed by atoms with Gasteiger partial charge in [-0.15, -0.1) is 0 Å². The fourth-order valence-electron chi connectivity index (χ4n) is 2.61. The zero-order valence-corrected chi connectivity index (χ0v) is 12.9. The highest BCUT2D eigenvalue weighted by Crippen LogP contribution is 2.23. The number of nitrogens with zero attached hydrogens (tertiary/aromatic N) is 1. The average molecular weight is 256 g/mol. The lowest BCUT2D eigenvalue weighted by atomic mass is 9.89. The molecule has 1 aliphatic carbocycles. The lowest BCUT2D eigenvalue weighted by Crippen LogP contribution is -2.48. The molecule has 0 saturated heterocycles. The Morgan fingerprint density at radius 2 is 1.89 bits per heavy atom. The van der Waals surface area contributed by atoms with Crippen molar-refractivity contribution < 1.29 is 4.74 Å². The second kappa shape index (κ2) is 8.13. The van der Waals surface area contributed by atoms with Gasteiger partial charge in [-0.2, -0.15) is 0 Å². The Balaban J connectivity index is 1.91. The van der Waals surface area contributed by atoms with Crippen LogP contribution in [-0.4, -0.2) is 49.8 Å². The fourth-order valence-corrected chi connectivity index (χ4v) is 2.61. The summed E-state index contributed by atoms with van der Waals surface area (Å²) < 4.78 is 5.88. The SMILES string of the molecule is CC(C)CN(C)CCCO[C@H]1C[C@H](NC(C)C)C1. The summed E-state index contributed by atoms with van der Waals surface area (Å²) in [5.74, 6) is 0.755. The lowest BCUT2D eigenvalue weighted by Gasteiger charge is -2.37. The van der Waals surface area contributed by atoms with E-state index in [4.69, 9.17) is 4.74 Å². The summed E-state index contributed by atoms with van der Waals surface area (Å²) in [5, 5.41) is 3.55. The van der Waals surface area contributed by atoms with Crippen LogP contribution in [0.1, 0.15) is 47.0 Å². The van der Waals surface area contributed by atoms with Crippen molar-refractivity contribution in [1.82, 2.24) is 10.2 Å². The smallest absolute Gasteiger partial charge is 0.0604 e. The highest BCUT2D eigenvalue weighted by Gasteiger charge is 2.29. The van der Waals surface area contributed by atoms with E-state index in [2.05, 4.69) is 45.0 Å². The summed E-state index contributed by atoms with van der Waals surface area (Å²) in [6, 6.07) is 1.29. The summed E-state index contributed by atoms with van der Waals surface area (Å²) in [4.78, 5) is 2.40. The first-order chi connectivity index (χ1) is 8.47. The maximum atomic E-state index is 5.88. The van der Waals surface area contributed by atoms with Crippen LogP contribution in [0.4, 0.5) is 0 Å². The van der Waals surface area contributed by atoms with Gasteiger partial charge in [0.1, 0.15) is 0 Å². The molecule has 0 heterocycles. The summed E-state index contributed by atoms with van der Waals surface area (Å²) in [5.41, 5.74) is 0. The predicted molar refractivity (Wildman–Crippen MR) is 78.0 cm³/mol. The van der Waals surface area contributed by atoms with Crippen LogP contribution in [0.25, 0.3) is 0 Å². The van der Waals surface area contributed by atoms with E-state index in [1.54, 1.807) is 0 Å². The van der Waals surface area contributed by atoms with E-state index in [0.717, 1.165) is 25.5 Å². The van der Waals surface area contributed by atoms with Crippen molar-refractivity contribution in [3.63, 3.8) is 0 Å². The minimum absolute atomic E-state index is 0.511. The van der Waals surface area contributed by atoms with Gasteiger partial charge in [-0.05, 0) is 32.2 Å². The fraction of sp³-hybridized carbons (Fsp3) is 1.00. The Morgan fingerprint density at radius 1 is 1.22 bits per heavy atom. The summed E-state index contributed by atoms with van der Waals surface area (Å²) in [7, 11) is 2.20. The molecule has 0 bridgehead atoms. The maximum Gasteiger partial charge on any atom is 0.0604 e. The monoisotopic (exact) mass is 256 g/mol. The standard InChI is InChI=1S/C15H32N2O/c1-12(2)11-17(5)7-6-8-18-15-9-14(10-15)16-13(3)4/h12-16H,6-11H2,1-5H3/t14-,15-. The largest absolute Gasteiger partial charge is 0.378 e. The van der Waals surface area contributed by atoms with Gasteiger partial charge in [0, 0.05) is 31.8 Å². The summed E-state index contributed by atoms with van der Waals surface area (Å²) >= 11 is 0. The Hall–Kier alpha value is -0.120. The molecule has 1 N–H and O–H groups in total. The van der Waals surface area contributed by atoms with E-state index in [-0.39, 0.29) is 0 Å². The van der Waals surface area contributed by atoms with Gasteiger partial charge in [0.25, 0.3) is 0 Å². The minimum atomic E-state index is 0.511. The first kappa shape index (κ1) is 15.9. The molecule has 0 aromatic heterocycles. The van der Waals surface area contributed by atoms with Gasteiger partial charge in [-0.3, -0.25) is 0 Å². The molecule has 0 aromatic rings. The molecule has 0 radical (unpaired) electrons. The average Bonchev–Trinajstić information content (AvgIpc) is 2.18. The van der Waals surface area contributed by atoms with Crippen LogP contribution in [0.5, 0.6) is 0 Å². The highest BCUT2D eigenvalue weighted by atomic mass is 16.5. The molecule has 3 nitrogen and oxygen atoms in total. The van der Waals surface area contributed by atoms with E-state index < -0.39 is 0 Å². The quantitative estimate of drug-likeness (QED) is 0.642. The Morgan fingerprint density at radius 3 is 2.44 bits per heavy atom. The van der Waals surface area contributed by atoms with E-state index in [9.17, 15) is 0 Å². The van der Waals surface area contributed by atoms with Gasteiger partial charge >= 0.3 is 0 Å². The molecular weight excluding hydrogens is 224 g/mol. The summed E-state index contributed by atoms with van der Waals surface area (Å²) in [6.07, 6.45) is 4.05. The molecule has 0 amide bonds. The molecule has 0 unspecified atom stereocenters. The zero-order chi connectivity index (χ0) is 13.5. The molecule has 1 rings (SSSR count). The second-order valence-electron chi connectivity index (χ2n) is 6.49. The first-order valence-corrected chi connectivity index (χ1v) is 7.53. The van der Waals surface area contributed by atoms with Gasteiger partial charge < -0.3 is 15.0 Å². The van der Waals surface area contributed by atoms with Crippen LogP contribution in [0.15, 0.2) is 0 Å². The van der Waals surface area contributed by atoms with E-state index in [1.165, 1.54) is 19.4 Å². The molecule has 0 atom stereocenters. The van der Waals surface area contributed by atoms with Crippen LogP contribution in [0, 0.1) is 5.92 Å². The molecule has 1 fully saturated rings. The maximum absolute atomic E-state index is 5.88. The normalized spacial score (nSPS) is 24.0. The van der Waals surface area contributed by atoms with Crippen LogP contribution in [0.2, 0.25) is 0 Å². The molecule has 1 aliphatic rings. The highest BCUT2D eigenvalue weighted by molar-refractivity contribution is 4.86. The van der Waals surface area contributed by atoms with Gasteiger partial charge in [0.2, 0.25) is 0 Å². The molecule has 0 spiro atoms. The minimum Gasteiger partial charge on any atom is -0.378 e. The molecule has 3 heteroatoms. The van der Waals surface area contributed by atoms with Gasteiger partial charge in [0.15, 0.2) is 0 Å². The third-order valence-electron chi connectivity index (χ3n) is 3.38. The Labute approximate surface area is 113 Å². The van der Waals surface area contributed by atoms with Crippen molar-refractivity contribution in [2.24, 2.45) is 5.92 Å². The molecule has 108 valence electrons. The van der Waals surface area contributed by atoms with Crippen molar-refractivity contribution in [2.45, 2.75) is 65.1 Å². The second-order valence-corrected chi connectivity index (χ2v) is 6.49. The molecular formula is C15H32N2O. The molecule has 1 saturated carbocycles. The third kappa shape index (κ3) is 6.72. The number of rotatable bonds is 9. The summed E-state index contributed by atoms with van der Waals surface area (Å²) in [6.45, 7) is 12.2. The van der Waals surface area contributed by atoms with Crippen molar-refractivity contribution in [1.29, 1.82) is 0 Å². The van der Waals surface area contributed by atoms with E-state index in [0.29, 0.717) is 18.2 Å². The molecule has 0 aromatic carbocycles. The van der Waals surface area contributed by atoms with Gasteiger partial charge in [-0.25, -0.2) is 0 Å². The topological polar surface area (TPSA) is 24.5 Å². The first-order valence-electron chi connectivity index (χ1n) is 7.53. The number of hydrogen-bond acceptors (Lipinski definition) is 3. The lowest BCUT2D eigenvalue weighted by molar-refractivity contribution is -0.0206. The van der Waals surface area contributed by atoms with Crippen molar-refractivity contribution >= 4 is 0 Å². The van der Waals surface area contributed by atoms with E-state index in [1.807, 2.05) is 0 Å². The van der Waals surface area contributed by atoms with Crippen LogP contribution >= 0.6 is 0 Å². The zero-order valence-electron chi connectivity index (χ0n) is 12.9. The van der Waals surface area contributed by atoms with Crippen LogP contribution in [-0.2, 0) is 4.74 Å².